The van der Waals surface area contributed by atoms with Crippen molar-refractivity contribution in [3.63, 3.8) is 0 Å². The molecule has 0 unspecified atom stereocenters. The van der Waals surface area contributed by atoms with E-state index in [1.807, 2.05) is 0 Å². The molecule has 1 fully saturated rings. The molecule has 1 saturated carbocycles. The fraction of sp³-hybridized carbons (Fsp3) is 0.500. The van der Waals surface area contributed by atoms with E-state index in [0.29, 0.717) is 11.3 Å². The summed E-state index contributed by atoms with van der Waals surface area (Å²) in [5.41, 5.74) is 6.35. The van der Waals surface area contributed by atoms with Gasteiger partial charge in [0.25, 0.3) is 5.91 Å². The molecule has 4 nitrogen and oxygen atoms in total. The fourth-order valence-corrected chi connectivity index (χ4v) is 2.29. The first-order valence-electron chi connectivity index (χ1n) is 5.80. The molecule has 0 saturated heterocycles. The van der Waals surface area contributed by atoms with Crippen molar-refractivity contribution >= 4 is 23.2 Å². The van der Waals surface area contributed by atoms with Crippen LogP contribution in [0.1, 0.15) is 43.0 Å². The Bertz CT molecular complexity index is 438. The predicted molar refractivity (Wildman–Crippen MR) is 68.0 cm³/mol. The van der Waals surface area contributed by atoms with E-state index in [9.17, 15) is 4.79 Å². The molecule has 0 atom stereocenters. The maximum atomic E-state index is 12.1. The smallest absolute Gasteiger partial charge is 0.254 e. The van der Waals surface area contributed by atoms with Gasteiger partial charge in [-0.3, -0.25) is 4.79 Å². The average Bonchev–Trinajstić information content (AvgIpc) is 2.26. The van der Waals surface area contributed by atoms with Gasteiger partial charge in [0, 0.05) is 5.54 Å². The highest BCUT2D eigenvalue weighted by molar-refractivity contribution is 6.32. The second-order valence-electron chi connectivity index (χ2n) is 4.55. The van der Waals surface area contributed by atoms with Gasteiger partial charge in [-0.2, -0.15) is 0 Å². The van der Waals surface area contributed by atoms with Crippen LogP contribution >= 0.6 is 11.6 Å². The Labute approximate surface area is 106 Å². The molecule has 0 bridgehead atoms. The van der Waals surface area contributed by atoms with Gasteiger partial charge in [-0.05, 0) is 31.7 Å². The van der Waals surface area contributed by atoms with Crippen molar-refractivity contribution in [1.82, 2.24) is 10.3 Å². The molecule has 3 N–H and O–H groups in total. The molecule has 92 valence electrons. The maximum absolute atomic E-state index is 12.1. The van der Waals surface area contributed by atoms with Gasteiger partial charge in [0.15, 0.2) is 0 Å². The molecular weight excluding hydrogens is 238 g/mol. The average molecular weight is 254 g/mol. The van der Waals surface area contributed by atoms with Crippen LogP contribution in [0.15, 0.2) is 12.3 Å². The normalized spacial score (nSPS) is 17.3. The lowest BCUT2D eigenvalue weighted by atomic mass is 9.74. The Hall–Kier alpha value is -1.29. The van der Waals surface area contributed by atoms with E-state index < -0.39 is 0 Å². The number of aromatic nitrogens is 1. The summed E-state index contributed by atoms with van der Waals surface area (Å²) in [6.45, 7) is 2.08. The van der Waals surface area contributed by atoms with Gasteiger partial charge in [-0.25, -0.2) is 4.98 Å². The first-order valence-corrected chi connectivity index (χ1v) is 6.18. The molecule has 1 heterocycles. The van der Waals surface area contributed by atoms with Crippen molar-refractivity contribution in [2.24, 2.45) is 0 Å². The minimum Gasteiger partial charge on any atom is -0.397 e. The van der Waals surface area contributed by atoms with Gasteiger partial charge in [-0.1, -0.05) is 18.5 Å². The van der Waals surface area contributed by atoms with Crippen LogP contribution in [0.3, 0.4) is 0 Å². The highest BCUT2D eigenvalue weighted by Crippen LogP contribution is 2.35. The van der Waals surface area contributed by atoms with Crippen molar-refractivity contribution < 1.29 is 4.79 Å². The maximum Gasteiger partial charge on any atom is 0.254 e. The van der Waals surface area contributed by atoms with Crippen molar-refractivity contribution in [1.29, 1.82) is 0 Å². The van der Waals surface area contributed by atoms with E-state index >= 15 is 0 Å². The summed E-state index contributed by atoms with van der Waals surface area (Å²) < 4.78 is 0. The number of nitrogens with one attached hydrogen (secondary N) is 1. The number of pyridine rings is 1. The molecule has 1 amide bonds. The SMILES string of the molecule is CCC1(NC(=O)c2cc(N)cnc2Cl)CCC1. The molecule has 1 aliphatic carbocycles. The van der Waals surface area contributed by atoms with Gasteiger partial charge >= 0.3 is 0 Å². The zero-order valence-corrected chi connectivity index (χ0v) is 10.5. The summed E-state index contributed by atoms with van der Waals surface area (Å²) in [5, 5.41) is 3.24. The van der Waals surface area contributed by atoms with Crippen LogP contribution in [-0.4, -0.2) is 16.4 Å². The number of rotatable bonds is 3. The molecule has 1 aliphatic rings. The minimum atomic E-state index is -0.184. The number of carbonyl (C=O) groups is 1. The van der Waals surface area contributed by atoms with E-state index in [4.69, 9.17) is 17.3 Å². The quantitative estimate of drug-likeness (QED) is 0.813. The Morgan fingerprint density at radius 3 is 2.88 bits per heavy atom. The standard InChI is InChI=1S/C12H16ClN3O/c1-2-12(4-3-5-12)16-11(17)9-6-8(14)7-15-10(9)13/h6-7H,2-5,14H2,1H3,(H,16,17). The van der Waals surface area contributed by atoms with Crippen LogP contribution < -0.4 is 11.1 Å². The lowest BCUT2D eigenvalue weighted by Gasteiger charge is -2.42. The van der Waals surface area contributed by atoms with E-state index in [-0.39, 0.29) is 16.6 Å². The monoisotopic (exact) mass is 253 g/mol. The number of nitrogens with zero attached hydrogens (tertiary/aromatic N) is 1. The summed E-state index contributed by atoms with van der Waals surface area (Å²) >= 11 is 5.90. The van der Waals surface area contributed by atoms with Gasteiger partial charge < -0.3 is 11.1 Å². The zero-order chi connectivity index (χ0) is 12.5. The number of nitrogens with two attached hydrogens (primary N) is 1. The van der Waals surface area contributed by atoms with Gasteiger partial charge in [0.05, 0.1) is 17.4 Å². The molecule has 1 aromatic rings. The third kappa shape index (κ3) is 2.36. The highest BCUT2D eigenvalue weighted by atomic mass is 35.5. The molecule has 0 radical (unpaired) electrons. The fourth-order valence-electron chi connectivity index (χ4n) is 2.10. The lowest BCUT2D eigenvalue weighted by Crippen LogP contribution is -2.53. The number of hydrogen-bond donors (Lipinski definition) is 2. The number of anilines is 1. The van der Waals surface area contributed by atoms with Crippen LogP contribution in [0.25, 0.3) is 0 Å². The zero-order valence-electron chi connectivity index (χ0n) is 9.79. The van der Waals surface area contributed by atoms with E-state index in [1.54, 1.807) is 6.07 Å². The second-order valence-corrected chi connectivity index (χ2v) is 4.91. The molecule has 0 aromatic carbocycles. The molecule has 0 aliphatic heterocycles. The number of carbonyl (C=O) groups excluding carboxylic acids is 1. The molecule has 17 heavy (non-hydrogen) atoms. The molecular formula is C12H16ClN3O. The topological polar surface area (TPSA) is 68.0 Å². The highest BCUT2D eigenvalue weighted by Gasteiger charge is 2.36. The Morgan fingerprint density at radius 2 is 2.35 bits per heavy atom. The lowest BCUT2D eigenvalue weighted by molar-refractivity contribution is 0.0820. The number of halogens is 1. The van der Waals surface area contributed by atoms with Crippen LogP contribution in [0, 0.1) is 0 Å². The summed E-state index contributed by atoms with van der Waals surface area (Å²) in [6.07, 6.45) is 5.60. The Kier molecular flexibility index (Phi) is 3.24. The van der Waals surface area contributed by atoms with Crippen molar-refractivity contribution in [2.45, 2.75) is 38.1 Å². The summed E-state index contributed by atoms with van der Waals surface area (Å²) in [5.74, 6) is -0.184. The van der Waals surface area contributed by atoms with Crippen molar-refractivity contribution in [3.8, 4) is 0 Å². The largest absolute Gasteiger partial charge is 0.397 e. The first kappa shape index (κ1) is 12.2. The summed E-state index contributed by atoms with van der Waals surface area (Å²) in [7, 11) is 0. The molecule has 5 heteroatoms. The molecule has 1 aromatic heterocycles. The van der Waals surface area contributed by atoms with Crippen LogP contribution in [-0.2, 0) is 0 Å². The molecule has 0 spiro atoms. The van der Waals surface area contributed by atoms with Crippen LogP contribution in [0.4, 0.5) is 5.69 Å². The predicted octanol–water partition coefficient (Wildman–Crippen LogP) is 2.38. The summed E-state index contributed by atoms with van der Waals surface area (Å²) in [4.78, 5) is 16.0. The molecule has 2 rings (SSSR count). The van der Waals surface area contributed by atoms with E-state index in [1.165, 1.54) is 6.20 Å². The van der Waals surface area contributed by atoms with Gasteiger partial charge in [0.2, 0.25) is 0 Å². The third-order valence-corrected chi connectivity index (χ3v) is 3.77. The van der Waals surface area contributed by atoms with Crippen molar-refractivity contribution in [3.05, 3.63) is 23.0 Å². The van der Waals surface area contributed by atoms with Gasteiger partial charge in [-0.15, -0.1) is 0 Å². The van der Waals surface area contributed by atoms with Gasteiger partial charge in [0.1, 0.15) is 5.15 Å². The first-order chi connectivity index (χ1) is 8.06. The van der Waals surface area contributed by atoms with Crippen LogP contribution in [0.2, 0.25) is 5.15 Å². The minimum absolute atomic E-state index is 0.0506. The van der Waals surface area contributed by atoms with E-state index in [0.717, 1.165) is 25.7 Å². The van der Waals surface area contributed by atoms with E-state index in [2.05, 4.69) is 17.2 Å². The summed E-state index contributed by atoms with van der Waals surface area (Å²) in [6, 6.07) is 1.56. The number of nitrogen functional groups attached to an aromatic ring is 1. The van der Waals surface area contributed by atoms with Crippen molar-refractivity contribution in [2.75, 3.05) is 5.73 Å². The number of amides is 1. The van der Waals surface area contributed by atoms with Crippen LogP contribution in [0.5, 0.6) is 0 Å². The Balaban J connectivity index is 2.17. The second kappa shape index (κ2) is 4.53. The number of hydrogen-bond acceptors (Lipinski definition) is 3. The Morgan fingerprint density at radius 1 is 1.65 bits per heavy atom. The third-order valence-electron chi connectivity index (χ3n) is 3.47.